The van der Waals surface area contributed by atoms with Gasteiger partial charge >= 0.3 is 0 Å². The van der Waals surface area contributed by atoms with Gasteiger partial charge in [-0.15, -0.1) is 0 Å². The zero-order chi connectivity index (χ0) is 29.2. The maximum atomic E-state index is 12.4. The molecule has 0 aliphatic carbocycles. The summed E-state index contributed by atoms with van der Waals surface area (Å²) < 4.78 is 12.3. The molecule has 0 aromatic heterocycles. The monoisotopic (exact) mass is 564 g/mol. The van der Waals surface area contributed by atoms with E-state index in [0.29, 0.717) is 57.1 Å². The summed E-state index contributed by atoms with van der Waals surface area (Å²) in [5, 5.41) is 5.98. The second-order valence-electron chi connectivity index (χ2n) is 10.3. The smallest absolute Gasteiger partial charge is 0.224 e. The fourth-order valence-corrected chi connectivity index (χ4v) is 4.50. The molecule has 0 spiro atoms. The van der Waals surface area contributed by atoms with Crippen LogP contribution in [0.15, 0.2) is 109 Å². The van der Waals surface area contributed by atoms with E-state index < -0.39 is 0 Å². The number of ether oxygens (including phenoxy) is 2. The summed E-state index contributed by atoms with van der Waals surface area (Å²) >= 11 is 0. The molecule has 2 amide bonds. The van der Waals surface area contributed by atoms with Gasteiger partial charge in [0.05, 0.1) is 6.42 Å². The normalized spacial score (nSPS) is 10.6. The summed E-state index contributed by atoms with van der Waals surface area (Å²) in [6.45, 7) is 2.08. The number of unbranched alkanes of at least 4 members (excludes halogenated alkanes) is 2. The van der Waals surface area contributed by atoms with Gasteiger partial charge in [0.15, 0.2) is 11.5 Å². The molecule has 42 heavy (non-hydrogen) atoms. The third-order valence-electron chi connectivity index (χ3n) is 6.83. The zero-order valence-electron chi connectivity index (χ0n) is 24.1. The molecular formula is C36H40N2O4. The molecule has 0 bridgehead atoms. The largest absolute Gasteiger partial charge is 0.485 e. The van der Waals surface area contributed by atoms with Gasteiger partial charge in [-0.05, 0) is 53.6 Å². The quantitative estimate of drug-likeness (QED) is 0.145. The minimum Gasteiger partial charge on any atom is -0.485 e. The molecule has 0 aliphatic rings. The van der Waals surface area contributed by atoms with E-state index >= 15 is 0 Å². The van der Waals surface area contributed by atoms with Crippen molar-refractivity contribution in [3.8, 4) is 11.5 Å². The topological polar surface area (TPSA) is 76.7 Å². The van der Waals surface area contributed by atoms with Gasteiger partial charge in [-0.3, -0.25) is 9.59 Å². The van der Waals surface area contributed by atoms with E-state index in [9.17, 15) is 9.59 Å². The Hall–Kier alpha value is -4.58. The summed E-state index contributed by atoms with van der Waals surface area (Å²) in [6.07, 6.45) is 4.12. The molecule has 218 valence electrons. The van der Waals surface area contributed by atoms with Crippen molar-refractivity contribution in [2.24, 2.45) is 0 Å². The molecule has 0 unspecified atom stereocenters. The highest BCUT2D eigenvalue weighted by molar-refractivity contribution is 5.78. The van der Waals surface area contributed by atoms with Crippen molar-refractivity contribution in [3.05, 3.63) is 131 Å². The molecular weight excluding hydrogens is 524 g/mol. The Balaban J connectivity index is 1.16. The zero-order valence-corrected chi connectivity index (χ0v) is 24.1. The molecule has 0 heterocycles. The van der Waals surface area contributed by atoms with Crippen molar-refractivity contribution in [1.82, 2.24) is 10.6 Å². The van der Waals surface area contributed by atoms with Crippen LogP contribution in [0.2, 0.25) is 0 Å². The lowest BCUT2D eigenvalue weighted by molar-refractivity contribution is -0.121. The Morgan fingerprint density at radius 2 is 1.10 bits per heavy atom. The number of rotatable bonds is 17. The molecule has 0 saturated carbocycles. The third-order valence-corrected chi connectivity index (χ3v) is 6.83. The van der Waals surface area contributed by atoms with Crippen molar-refractivity contribution in [2.75, 3.05) is 13.1 Å². The summed E-state index contributed by atoms with van der Waals surface area (Å²) in [6, 6.07) is 35.8. The lowest BCUT2D eigenvalue weighted by atomic mass is 10.1. The van der Waals surface area contributed by atoms with E-state index in [1.165, 1.54) is 0 Å². The minimum absolute atomic E-state index is 0.0309. The van der Waals surface area contributed by atoms with Gasteiger partial charge in [-0.25, -0.2) is 0 Å². The summed E-state index contributed by atoms with van der Waals surface area (Å²) in [7, 11) is 0. The first-order valence-corrected chi connectivity index (χ1v) is 14.7. The van der Waals surface area contributed by atoms with Gasteiger partial charge in [-0.1, -0.05) is 103 Å². The first-order valence-electron chi connectivity index (χ1n) is 14.7. The van der Waals surface area contributed by atoms with Crippen LogP contribution in [0.4, 0.5) is 0 Å². The van der Waals surface area contributed by atoms with Gasteiger partial charge < -0.3 is 20.1 Å². The van der Waals surface area contributed by atoms with E-state index in [1.807, 2.05) is 109 Å². The van der Waals surface area contributed by atoms with E-state index in [-0.39, 0.29) is 11.8 Å². The first-order chi connectivity index (χ1) is 20.7. The molecule has 0 fully saturated rings. The predicted octanol–water partition coefficient (Wildman–Crippen LogP) is 6.42. The molecule has 6 heteroatoms. The van der Waals surface area contributed by atoms with Crippen LogP contribution in [0.3, 0.4) is 0 Å². The van der Waals surface area contributed by atoms with Crippen LogP contribution in [0.5, 0.6) is 11.5 Å². The maximum Gasteiger partial charge on any atom is 0.224 e. The van der Waals surface area contributed by atoms with Crippen LogP contribution in [0.1, 0.15) is 47.9 Å². The SMILES string of the molecule is O=C(CCCCCNC(=O)Cc1ccccc1)NCCc1ccc(OCc2ccccc2)c(OCc2ccccc2)c1. The molecule has 4 rings (SSSR count). The third kappa shape index (κ3) is 11.1. The molecule has 4 aromatic carbocycles. The fourth-order valence-electron chi connectivity index (χ4n) is 4.50. The number of hydrogen-bond acceptors (Lipinski definition) is 4. The van der Waals surface area contributed by atoms with Crippen molar-refractivity contribution in [1.29, 1.82) is 0 Å². The summed E-state index contributed by atoms with van der Waals surface area (Å²) in [5.74, 6) is 1.46. The average Bonchev–Trinajstić information content (AvgIpc) is 3.02. The van der Waals surface area contributed by atoms with Crippen LogP contribution in [-0.2, 0) is 35.6 Å². The molecule has 0 atom stereocenters. The Labute approximate surface area is 249 Å². The standard InChI is InChI=1S/C36H40N2O4/c39-35(19-11-4-12-23-37-36(40)26-29-13-5-1-6-14-29)38-24-22-30-20-21-33(41-27-31-15-7-2-8-16-31)34(25-30)42-28-32-17-9-3-10-18-32/h1-3,5-10,13-18,20-21,25H,4,11-12,19,22-24,26-28H2,(H,37,40)(H,38,39). The second-order valence-corrected chi connectivity index (χ2v) is 10.3. The number of hydrogen-bond donors (Lipinski definition) is 2. The average molecular weight is 565 g/mol. The first kappa shape index (κ1) is 30.4. The molecule has 4 aromatic rings. The van der Waals surface area contributed by atoms with E-state index in [4.69, 9.17) is 9.47 Å². The van der Waals surface area contributed by atoms with Crippen LogP contribution in [0.25, 0.3) is 0 Å². The molecule has 2 N–H and O–H groups in total. The highest BCUT2D eigenvalue weighted by atomic mass is 16.5. The van der Waals surface area contributed by atoms with Crippen LogP contribution < -0.4 is 20.1 Å². The van der Waals surface area contributed by atoms with Crippen LogP contribution >= 0.6 is 0 Å². The maximum absolute atomic E-state index is 12.4. The lowest BCUT2D eigenvalue weighted by Gasteiger charge is -2.15. The van der Waals surface area contributed by atoms with Gasteiger partial charge in [0.2, 0.25) is 11.8 Å². The van der Waals surface area contributed by atoms with Gasteiger partial charge in [-0.2, -0.15) is 0 Å². The number of carbonyl (C=O) groups is 2. The summed E-state index contributed by atoms with van der Waals surface area (Å²) in [4.78, 5) is 24.4. The Kier molecular flexibility index (Phi) is 12.5. The highest BCUT2D eigenvalue weighted by Crippen LogP contribution is 2.30. The van der Waals surface area contributed by atoms with Gasteiger partial charge in [0, 0.05) is 19.5 Å². The van der Waals surface area contributed by atoms with Crippen LogP contribution in [-0.4, -0.2) is 24.9 Å². The second kappa shape index (κ2) is 17.3. The molecule has 0 aliphatic heterocycles. The molecule has 0 radical (unpaired) electrons. The fraction of sp³-hybridized carbons (Fsp3) is 0.278. The van der Waals surface area contributed by atoms with Crippen molar-refractivity contribution in [3.63, 3.8) is 0 Å². The van der Waals surface area contributed by atoms with Crippen molar-refractivity contribution in [2.45, 2.75) is 51.7 Å². The number of benzene rings is 4. The Morgan fingerprint density at radius 3 is 1.74 bits per heavy atom. The predicted molar refractivity (Wildman–Crippen MR) is 166 cm³/mol. The van der Waals surface area contributed by atoms with Gasteiger partial charge in [0.25, 0.3) is 0 Å². The van der Waals surface area contributed by atoms with Gasteiger partial charge in [0.1, 0.15) is 13.2 Å². The Morgan fingerprint density at radius 1 is 0.524 bits per heavy atom. The number of nitrogens with one attached hydrogen (secondary N) is 2. The number of carbonyl (C=O) groups excluding carboxylic acids is 2. The highest BCUT2D eigenvalue weighted by Gasteiger charge is 2.09. The lowest BCUT2D eigenvalue weighted by Crippen LogP contribution is -2.26. The Bertz CT molecular complexity index is 1360. The van der Waals surface area contributed by atoms with Crippen molar-refractivity contribution >= 4 is 11.8 Å². The molecule has 6 nitrogen and oxygen atoms in total. The number of amides is 2. The van der Waals surface area contributed by atoms with E-state index in [2.05, 4.69) is 10.6 Å². The minimum atomic E-state index is 0.0309. The molecule has 0 saturated heterocycles. The van der Waals surface area contributed by atoms with Crippen molar-refractivity contribution < 1.29 is 19.1 Å². The summed E-state index contributed by atoms with van der Waals surface area (Å²) in [5.41, 5.74) is 4.25. The van der Waals surface area contributed by atoms with E-state index in [0.717, 1.165) is 41.5 Å². The van der Waals surface area contributed by atoms with E-state index in [1.54, 1.807) is 0 Å². The van der Waals surface area contributed by atoms with Crippen LogP contribution in [0, 0.1) is 0 Å².